The summed E-state index contributed by atoms with van der Waals surface area (Å²) in [5.41, 5.74) is 2.53. The first-order valence-corrected chi connectivity index (χ1v) is 6.18. The molecule has 1 aromatic carbocycles. The molecule has 0 aliphatic heterocycles. The maximum absolute atomic E-state index is 4.26. The van der Waals surface area contributed by atoms with Crippen LogP contribution < -0.4 is 0 Å². The second kappa shape index (κ2) is 5.13. The van der Waals surface area contributed by atoms with E-state index in [4.69, 9.17) is 0 Å². The van der Waals surface area contributed by atoms with Gasteiger partial charge in [-0.05, 0) is 17.9 Å². The molecule has 0 spiro atoms. The van der Waals surface area contributed by atoms with Gasteiger partial charge in [-0.1, -0.05) is 45.0 Å². The predicted octanol–water partition coefficient (Wildman–Crippen LogP) is 3.16. The van der Waals surface area contributed by atoms with Gasteiger partial charge in [0.2, 0.25) is 0 Å². The summed E-state index contributed by atoms with van der Waals surface area (Å²) >= 11 is 0. The van der Waals surface area contributed by atoms with Gasteiger partial charge in [0.25, 0.3) is 0 Å². The lowest BCUT2D eigenvalue weighted by Gasteiger charge is -2.11. The Hall–Kier alpha value is -1.64. The highest BCUT2D eigenvalue weighted by Gasteiger charge is 2.11. The Kier molecular flexibility index (Phi) is 3.57. The van der Waals surface area contributed by atoms with Gasteiger partial charge in [-0.3, -0.25) is 0 Å². The van der Waals surface area contributed by atoms with Gasteiger partial charge in [0.05, 0.1) is 0 Å². The Morgan fingerprint density at radius 2 is 2.00 bits per heavy atom. The Morgan fingerprint density at radius 3 is 2.71 bits per heavy atom. The highest BCUT2D eigenvalue weighted by molar-refractivity contribution is 5.60. The summed E-state index contributed by atoms with van der Waals surface area (Å²) in [7, 11) is 0. The van der Waals surface area contributed by atoms with Crippen LogP contribution in [0.1, 0.15) is 26.3 Å². The van der Waals surface area contributed by atoms with Crippen LogP contribution in [0.3, 0.4) is 0 Å². The van der Waals surface area contributed by atoms with Crippen LogP contribution in [-0.2, 0) is 13.0 Å². The molecule has 0 fully saturated rings. The minimum absolute atomic E-state index is 0.596. The number of aromatic nitrogens is 3. The standard InChI is InChI=1S/C14H19N3/c1-4-12-7-5-6-8-13(12)14-16-15-10-17(14)9-11(2)3/h5-8,10-11H,4,9H2,1-3H3. The summed E-state index contributed by atoms with van der Waals surface area (Å²) in [4.78, 5) is 0. The van der Waals surface area contributed by atoms with Crippen LogP contribution in [0, 0.1) is 5.92 Å². The van der Waals surface area contributed by atoms with Crippen LogP contribution >= 0.6 is 0 Å². The smallest absolute Gasteiger partial charge is 0.164 e. The maximum atomic E-state index is 4.26. The summed E-state index contributed by atoms with van der Waals surface area (Å²) in [6.45, 7) is 7.54. The Morgan fingerprint density at radius 1 is 1.24 bits per heavy atom. The molecule has 0 aliphatic rings. The molecule has 0 aliphatic carbocycles. The van der Waals surface area contributed by atoms with Crippen molar-refractivity contribution in [3.63, 3.8) is 0 Å². The molecule has 1 aromatic heterocycles. The minimum atomic E-state index is 0.596. The van der Waals surface area contributed by atoms with Crippen molar-refractivity contribution >= 4 is 0 Å². The zero-order valence-electron chi connectivity index (χ0n) is 10.7. The molecule has 0 bridgehead atoms. The van der Waals surface area contributed by atoms with E-state index < -0.39 is 0 Å². The normalized spacial score (nSPS) is 11.1. The number of rotatable bonds is 4. The monoisotopic (exact) mass is 229 g/mol. The Bertz CT molecular complexity index is 486. The third-order valence-electron chi connectivity index (χ3n) is 2.82. The number of aryl methyl sites for hydroxylation is 1. The molecular formula is C14H19N3. The van der Waals surface area contributed by atoms with Crippen LogP contribution in [0.25, 0.3) is 11.4 Å². The van der Waals surface area contributed by atoms with Crippen molar-refractivity contribution in [2.24, 2.45) is 5.92 Å². The lowest BCUT2D eigenvalue weighted by molar-refractivity contribution is 0.525. The summed E-state index contributed by atoms with van der Waals surface area (Å²) in [6, 6.07) is 8.41. The summed E-state index contributed by atoms with van der Waals surface area (Å²) < 4.78 is 2.14. The van der Waals surface area contributed by atoms with Gasteiger partial charge in [0.15, 0.2) is 5.82 Å². The van der Waals surface area contributed by atoms with Crippen molar-refractivity contribution in [1.29, 1.82) is 0 Å². The predicted molar refractivity (Wildman–Crippen MR) is 69.7 cm³/mol. The van der Waals surface area contributed by atoms with Crippen molar-refractivity contribution in [1.82, 2.24) is 14.8 Å². The van der Waals surface area contributed by atoms with E-state index >= 15 is 0 Å². The first-order chi connectivity index (χ1) is 8.22. The van der Waals surface area contributed by atoms with Crippen LogP contribution in [0.5, 0.6) is 0 Å². The molecule has 1 heterocycles. The maximum Gasteiger partial charge on any atom is 0.164 e. The summed E-state index contributed by atoms with van der Waals surface area (Å²) in [5, 5.41) is 8.30. The molecule has 3 heteroatoms. The molecule has 2 aromatic rings. The van der Waals surface area contributed by atoms with Gasteiger partial charge in [0, 0.05) is 12.1 Å². The van der Waals surface area contributed by atoms with Crippen LogP contribution in [-0.4, -0.2) is 14.8 Å². The second-order valence-electron chi connectivity index (χ2n) is 4.71. The molecular weight excluding hydrogens is 210 g/mol. The first kappa shape index (κ1) is 11.8. The Balaban J connectivity index is 2.42. The van der Waals surface area contributed by atoms with Crippen LogP contribution in [0.4, 0.5) is 0 Å². The van der Waals surface area contributed by atoms with Crippen molar-refractivity contribution in [2.45, 2.75) is 33.7 Å². The summed E-state index contributed by atoms with van der Waals surface area (Å²) in [5.74, 6) is 1.58. The molecule has 0 unspecified atom stereocenters. The van der Waals surface area contributed by atoms with Crippen molar-refractivity contribution in [3.8, 4) is 11.4 Å². The number of hydrogen-bond acceptors (Lipinski definition) is 2. The van der Waals surface area contributed by atoms with Gasteiger partial charge in [-0.15, -0.1) is 10.2 Å². The molecule has 17 heavy (non-hydrogen) atoms. The molecule has 0 N–H and O–H groups in total. The van der Waals surface area contributed by atoms with Gasteiger partial charge in [-0.25, -0.2) is 0 Å². The fraction of sp³-hybridized carbons (Fsp3) is 0.429. The third kappa shape index (κ3) is 2.54. The van der Waals surface area contributed by atoms with E-state index in [0.717, 1.165) is 18.8 Å². The quantitative estimate of drug-likeness (QED) is 0.806. The molecule has 0 amide bonds. The van der Waals surface area contributed by atoms with E-state index in [1.807, 2.05) is 6.33 Å². The molecule has 0 radical (unpaired) electrons. The second-order valence-corrected chi connectivity index (χ2v) is 4.71. The fourth-order valence-corrected chi connectivity index (χ4v) is 2.04. The highest BCUT2D eigenvalue weighted by atomic mass is 15.3. The van der Waals surface area contributed by atoms with E-state index in [0.29, 0.717) is 5.92 Å². The molecule has 3 nitrogen and oxygen atoms in total. The topological polar surface area (TPSA) is 30.7 Å². The number of benzene rings is 1. The van der Waals surface area contributed by atoms with Crippen molar-refractivity contribution in [2.75, 3.05) is 0 Å². The van der Waals surface area contributed by atoms with E-state index in [9.17, 15) is 0 Å². The molecule has 0 atom stereocenters. The van der Waals surface area contributed by atoms with E-state index in [-0.39, 0.29) is 0 Å². The Labute approximate surface area is 103 Å². The lowest BCUT2D eigenvalue weighted by Crippen LogP contribution is -2.06. The number of hydrogen-bond donors (Lipinski definition) is 0. The molecule has 0 saturated heterocycles. The van der Waals surface area contributed by atoms with Crippen molar-refractivity contribution in [3.05, 3.63) is 36.2 Å². The molecule has 0 saturated carbocycles. The largest absolute Gasteiger partial charge is 0.313 e. The van der Waals surface area contributed by atoms with E-state index in [1.165, 1.54) is 11.1 Å². The van der Waals surface area contributed by atoms with Crippen molar-refractivity contribution < 1.29 is 0 Å². The van der Waals surface area contributed by atoms with Gasteiger partial charge >= 0.3 is 0 Å². The first-order valence-electron chi connectivity index (χ1n) is 6.18. The lowest BCUT2D eigenvalue weighted by atomic mass is 10.0. The fourth-order valence-electron chi connectivity index (χ4n) is 2.04. The van der Waals surface area contributed by atoms with Gasteiger partial charge < -0.3 is 4.57 Å². The highest BCUT2D eigenvalue weighted by Crippen LogP contribution is 2.22. The zero-order chi connectivity index (χ0) is 12.3. The zero-order valence-corrected chi connectivity index (χ0v) is 10.7. The average molecular weight is 229 g/mol. The van der Waals surface area contributed by atoms with Crippen LogP contribution in [0.15, 0.2) is 30.6 Å². The third-order valence-corrected chi connectivity index (χ3v) is 2.82. The van der Waals surface area contributed by atoms with E-state index in [2.05, 4.69) is 59.8 Å². The van der Waals surface area contributed by atoms with Gasteiger partial charge in [-0.2, -0.15) is 0 Å². The summed E-state index contributed by atoms with van der Waals surface area (Å²) in [6.07, 6.45) is 2.84. The van der Waals surface area contributed by atoms with Gasteiger partial charge in [0.1, 0.15) is 6.33 Å². The molecule has 2 rings (SSSR count). The average Bonchev–Trinajstić information content (AvgIpc) is 2.76. The molecule has 90 valence electrons. The minimum Gasteiger partial charge on any atom is -0.313 e. The van der Waals surface area contributed by atoms with Crippen LogP contribution in [0.2, 0.25) is 0 Å². The SMILES string of the molecule is CCc1ccccc1-c1nncn1CC(C)C. The van der Waals surface area contributed by atoms with E-state index in [1.54, 1.807) is 0 Å². The number of nitrogens with zero attached hydrogens (tertiary/aromatic N) is 3.